The molecule has 3 aromatic rings. The second-order valence-electron chi connectivity index (χ2n) is 6.57. The molecule has 2 heterocycles. The van der Waals surface area contributed by atoms with Crippen molar-refractivity contribution in [1.29, 1.82) is 0 Å². The first-order chi connectivity index (χ1) is 13.7. The van der Waals surface area contributed by atoms with Gasteiger partial charge in [-0.15, -0.1) is 5.10 Å². The van der Waals surface area contributed by atoms with Gasteiger partial charge in [-0.2, -0.15) is 9.78 Å². The maximum absolute atomic E-state index is 13.0. The van der Waals surface area contributed by atoms with E-state index in [0.29, 0.717) is 5.69 Å². The molecule has 0 bridgehead atoms. The first kappa shape index (κ1) is 17.8. The number of nitrogens with one attached hydrogen (secondary N) is 1. The van der Waals surface area contributed by atoms with Crippen molar-refractivity contribution < 1.29 is 9.42 Å². The number of hydrogen-bond acceptors (Lipinski definition) is 8. The molecule has 1 amide bonds. The number of anilines is 1. The molecule has 0 saturated heterocycles. The van der Waals surface area contributed by atoms with Crippen LogP contribution in [0.2, 0.25) is 0 Å². The maximum Gasteiger partial charge on any atom is 0.292 e. The number of hydrazone groups is 1. The van der Waals surface area contributed by atoms with Crippen molar-refractivity contribution in [1.82, 2.24) is 30.7 Å². The average molecular weight is 380 g/mol. The van der Waals surface area contributed by atoms with Crippen LogP contribution in [0.5, 0.6) is 0 Å². The molecule has 0 aliphatic heterocycles. The molecule has 1 fully saturated rings. The number of hydrogen-bond donors (Lipinski definition) is 2. The molecule has 28 heavy (non-hydrogen) atoms. The summed E-state index contributed by atoms with van der Waals surface area (Å²) >= 11 is 0. The Hall–Kier alpha value is -3.56. The van der Waals surface area contributed by atoms with Crippen LogP contribution < -0.4 is 11.2 Å². The summed E-state index contributed by atoms with van der Waals surface area (Å²) < 4.78 is 5.86. The number of rotatable bonds is 4. The number of amides is 1. The number of carbonyl (C=O) groups is 1. The lowest BCUT2D eigenvalue weighted by atomic mass is 10.1. The summed E-state index contributed by atoms with van der Waals surface area (Å²) in [6, 6.07) is 9.27. The van der Waals surface area contributed by atoms with Gasteiger partial charge in [0, 0.05) is 11.3 Å². The number of carbonyl (C=O) groups excluding carboxylic acids is 1. The van der Waals surface area contributed by atoms with E-state index in [1.807, 2.05) is 30.3 Å². The summed E-state index contributed by atoms with van der Waals surface area (Å²) in [5.74, 6) is -0.349. The molecule has 4 rings (SSSR count). The molecule has 0 radical (unpaired) electrons. The van der Waals surface area contributed by atoms with Crippen molar-refractivity contribution in [2.75, 3.05) is 5.73 Å². The number of aromatic nitrogens is 5. The molecule has 10 heteroatoms. The van der Waals surface area contributed by atoms with Crippen molar-refractivity contribution in [3.05, 3.63) is 36.0 Å². The molecule has 2 aromatic heterocycles. The van der Waals surface area contributed by atoms with E-state index in [-0.39, 0.29) is 17.3 Å². The monoisotopic (exact) mass is 380 g/mol. The molecule has 1 aliphatic carbocycles. The second-order valence-corrected chi connectivity index (χ2v) is 6.57. The van der Waals surface area contributed by atoms with Gasteiger partial charge in [-0.25, -0.2) is 10.1 Å². The Morgan fingerprint density at radius 3 is 2.54 bits per heavy atom. The standard InChI is InChI=1S/C18H20N8O2/c19-16-17(24-28-23-16)26-15(14(21-25-26)12-8-4-3-5-9-12)18(27)22-20-13-10-6-1-2-7-11-13/h3-5,8-9H,1-2,6-7,10-11H2,(H2,19,23)(H,22,27). The van der Waals surface area contributed by atoms with Crippen molar-refractivity contribution >= 4 is 17.4 Å². The molecule has 10 nitrogen and oxygen atoms in total. The van der Waals surface area contributed by atoms with Gasteiger partial charge in [0.1, 0.15) is 5.69 Å². The number of nitrogen functional groups attached to an aromatic ring is 1. The van der Waals surface area contributed by atoms with Crippen LogP contribution in [0.3, 0.4) is 0 Å². The van der Waals surface area contributed by atoms with Gasteiger partial charge in [0.25, 0.3) is 5.91 Å². The third kappa shape index (κ3) is 3.61. The molecule has 3 N–H and O–H groups in total. The van der Waals surface area contributed by atoms with E-state index in [1.165, 1.54) is 17.5 Å². The smallest absolute Gasteiger partial charge is 0.292 e. The Labute approximate surface area is 160 Å². The fourth-order valence-electron chi connectivity index (χ4n) is 3.19. The lowest BCUT2D eigenvalue weighted by Gasteiger charge is -2.06. The zero-order chi connectivity index (χ0) is 19.3. The highest BCUT2D eigenvalue weighted by Crippen LogP contribution is 2.24. The van der Waals surface area contributed by atoms with Crippen LogP contribution in [-0.2, 0) is 0 Å². The van der Waals surface area contributed by atoms with Crippen LogP contribution in [0.1, 0.15) is 49.0 Å². The highest BCUT2D eigenvalue weighted by molar-refractivity contribution is 5.99. The zero-order valence-corrected chi connectivity index (χ0v) is 15.2. The van der Waals surface area contributed by atoms with E-state index in [4.69, 9.17) is 5.73 Å². The van der Waals surface area contributed by atoms with Gasteiger partial charge in [-0.05, 0) is 36.0 Å². The Morgan fingerprint density at radius 1 is 1.11 bits per heavy atom. The topological polar surface area (TPSA) is 137 Å². The van der Waals surface area contributed by atoms with Crippen LogP contribution in [0.15, 0.2) is 40.1 Å². The minimum Gasteiger partial charge on any atom is -0.378 e. The van der Waals surface area contributed by atoms with Crippen LogP contribution >= 0.6 is 0 Å². The third-order valence-electron chi connectivity index (χ3n) is 4.63. The lowest BCUT2D eigenvalue weighted by molar-refractivity contribution is 0.0947. The van der Waals surface area contributed by atoms with Gasteiger partial charge in [-0.3, -0.25) is 4.79 Å². The van der Waals surface area contributed by atoms with Gasteiger partial charge in [0.15, 0.2) is 5.69 Å². The third-order valence-corrected chi connectivity index (χ3v) is 4.63. The minimum atomic E-state index is -0.456. The van der Waals surface area contributed by atoms with Crippen molar-refractivity contribution in [3.8, 4) is 17.1 Å². The van der Waals surface area contributed by atoms with Crippen LogP contribution in [0.25, 0.3) is 17.1 Å². The summed E-state index contributed by atoms with van der Waals surface area (Å²) in [6.07, 6.45) is 6.35. The van der Waals surface area contributed by atoms with Gasteiger partial charge in [-0.1, -0.05) is 48.4 Å². The normalized spacial score (nSPS) is 14.5. The van der Waals surface area contributed by atoms with E-state index in [0.717, 1.165) is 37.0 Å². The van der Waals surface area contributed by atoms with Crippen molar-refractivity contribution in [3.63, 3.8) is 0 Å². The zero-order valence-electron chi connectivity index (χ0n) is 15.2. The Balaban J connectivity index is 1.71. The summed E-state index contributed by atoms with van der Waals surface area (Å²) in [5.41, 5.74) is 10.7. The number of benzene rings is 1. The quantitative estimate of drug-likeness (QED) is 0.523. The largest absolute Gasteiger partial charge is 0.378 e. The van der Waals surface area contributed by atoms with Crippen LogP contribution in [0, 0.1) is 0 Å². The number of nitrogens with two attached hydrogens (primary N) is 1. The fraction of sp³-hybridized carbons (Fsp3) is 0.333. The molecular weight excluding hydrogens is 360 g/mol. The first-order valence-electron chi connectivity index (χ1n) is 9.19. The molecule has 0 spiro atoms. The second kappa shape index (κ2) is 7.99. The van der Waals surface area contributed by atoms with Crippen LogP contribution in [-0.4, -0.2) is 36.9 Å². The molecular formula is C18H20N8O2. The first-order valence-corrected chi connectivity index (χ1v) is 9.19. The lowest BCUT2D eigenvalue weighted by Crippen LogP contribution is -2.24. The average Bonchev–Trinajstić information content (AvgIpc) is 3.25. The summed E-state index contributed by atoms with van der Waals surface area (Å²) in [7, 11) is 0. The van der Waals surface area contributed by atoms with E-state index >= 15 is 0 Å². The molecule has 1 aliphatic rings. The minimum absolute atomic E-state index is 0.00800. The van der Waals surface area contributed by atoms with Gasteiger partial charge >= 0.3 is 0 Å². The molecule has 0 unspecified atom stereocenters. The Bertz CT molecular complexity index is 982. The molecule has 0 atom stereocenters. The predicted molar refractivity (Wildman–Crippen MR) is 102 cm³/mol. The van der Waals surface area contributed by atoms with Gasteiger partial charge in [0.05, 0.1) is 0 Å². The highest BCUT2D eigenvalue weighted by Gasteiger charge is 2.26. The van der Waals surface area contributed by atoms with Crippen molar-refractivity contribution in [2.24, 2.45) is 5.10 Å². The summed E-state index contributed by atoms with van der Waals surface area (Å²) in [5, 5.41) is 19.8. The molecule has 1 aromatic carbocycles. The molecule has 1 saturated carbocycles. The van der Waals surface area contributed by atoms with E-state index < -0.39 is 5.91 Å². The van der Waals surface area contributed by atoms with E-state index in [1.54, 1.807) is 0 Å². The number of nitrogens with zero attached hydrogens (tertiary/aromatic N) is 6. The fourth-order valence-corrected chi connectivity index (χ4v) is 3.19. The Morgan fingerprint density at radius 2 is 1.86 bits per heavy atom. The van der Waals surface area contributed by atoms with Gasteiger partial charge in [0.2, 0.25) is 11.6 Å². The van der Waals surface area contributed by atoms with Crippen molar-refractivity contribution in [2.45, 2.75) is 38.5 Å². The SMILES string of the molecule is Nc1nonc1-n1nnc(-c2ccccc2)c1C(=O)NN=C1CCCCCC1. The summed E-state index contributed by atoms with van der Waals surface area (Å²) in [4.78, 5) is 13.0. The maximum atomic E-state index is 13.0. The highest BCUT2D eigenvalue weighted by atomic mass is 16.6. The Kier molecular flexibility index (Phi) is 5.09. The van der Waals surface area contributed by atoms with E-state index in [2.05, 4.69) is 35.8 Å². The van der Waals surface area contributed by atoms with E-state index in [9.17, 15) is 4.79 Å². The summed E-state index contributed by atoms with van der Waals surface area (Å²) in [6.45, 7) is 0. The molecule has 144 valence electrons. The predicted octanol–water partition coefficient (Wildman–Crippen LogP) is 2.34. The van der Waals surface area contributed by atoms with Crippen LogP contribution in [0.4, 0.5) is 5.82 Å². The van der Waals surface area contributed by atoms with Gasteiger partial charge < -0.3 is 5.73 Å².